The molecule has 0 unspecified atom stereocenters. The van der Waals surface area contributed by atoms with Gasteiger partial charge < -0.3 is 29.7 Å². The van der Waals surface area contributed by atoms with E-state index in [4.69, 9.17) is 14.2 Å². The maximum absolute atomic E-state index is 14.5. The Hall–Kier alpha value is -5.18. The summed E-state index contributed by atoms with van der Waals surface area (Å²) in [6, 6.07) is 13.4. The number of pyridine rings is 1. The molecule has 53 heavy (non-hydrogen) atoms. The first-order valence-corrected chi connectivity index (χ1v) is 18.7. The van der Waals surface area contributed by atoms with Gasteiger partial charge in [0.2, 0.25) is 11.8 Å². The Morgan fingerprint density at radius 2 is 1.74 bits per heavy atom. The van der Waals surface area contributed by atoms with Crippen LogP contribution in [0.15, 0.2) is 78.3 Å². The number of carbonyl (C=O) groups is 4. The average molecular weight is 750 g/mol. The van der Waals surface area contributed by atoms with Crippen molar-refractivity contribution in [2.24, 2.45) is 11.3 Å². The highest BCUT2D eigenvalue weighted by Gasteiger charge is 2.61. The monoisotopic (exact) mass is 749 g/mol. The number of carbonyl (C=O) groups excluding carboxylic acids is 4. The molecule has 1 aliphatic carbocycles. The van der Waals surface area contributed by atoms with Crippen molar-refractivity contribution < 1.29 is 41.8 Å². The summed E-state index contributed by atoms with van der Waals surface area (Å²) < 4.78 is 45.7. The summed E-state index contributed by atoms with van der Waals surface area (Å²) in [5.74, 6) is -1.98. The molecular formula is C38H47N5O9S. The highest BCUT2D eigenvalue weighted by molar-refractivity contribution is 7.90. The van der Waals surface area contributed by atoms with Crippen molar-refractivity contribution in [1.29, 1.82) is 0 Å². The van der Waals surface area contributed by atoms with E-state index in [1.165, 1.54) is 35.2 Å². The maximum Gasteiger partial charge on any atom is 0.408 e. The lowest BCUT2D eigenvalue weighted by molar-refractivity contribution is -0.150. The topological polar surface area (TPSA) is 182 Å². The number of fused-ring (bicyclic) bond motifs is 1. The molecule has 1 saturated heterocycles. The number of alkyl carbamates (subject to hydrolysis) is 1. The van der Waals surface area contributed by atoms with Gasteiger partial charge in [-0.1, -0.05) is 45.0 Å². The Morgan fingerprint density at radius 1 is 1.04 bits per heavy atom. The van der Waals surface area contributed by atoms with E-state index in [1.807, 2.05) is 6.07 Å². The van der Waals surface area contributed by atoms with Gasteiger partial charge in [0.25, 0.3) is 21.8 Å². The number of ether oxygens (including phenoxy) is 3. The van der Waals surface area contributed by atoms with Gasteiger partial charge in [-0.25, -0.2) is 22.9 Å². The van der Waals surface area contributed by atoms with E-state index < -0.39 is 74.5 Å². The fourth-order valence-electron chi connectivity index (χ4n) is 6.28. The second-order valence-electron chi connectivity index (χ2n) is 15.5. The van der Waals surface area contributed by atoms with E-state index in [2.05, 4.69) is 26.9 Å². The number of amides is 4. The van der Waals surface area contributed by atoms with Crippen molar-refractivity contribution in [2.45, 2.75) is 88.6 Å². The van der Waals surface area contributed by atoms with Crippen LogP contribution in [-0.2, 0) is 29.1 Å². The zero-order chi connectivity index (χ0) is 38.9. The molecule has 2 fully saturated rings. The van der Waals surface area contributed by atoms with Gasteiger partial charge in [-0.2, -0.15) is 0 Å². The van der Waals surface area contributed by atoms with Crippen LogP contribution in [0.2, 0.25) is 0 Å². The fourth-order valence-corrected chi connectivity index (χ4v) is 7.34. The summed E-state index contributed by atoms with van der Waals surface area (Å²) >= 11 is 0. The first kappa shape index (κ1) is 39.0. The van der Waals surface area contributed by atoms with Crippen molar-refractivity contribution in [3.63, 3.8) is 0 Å². The van der Waals surface area contributed by atoms with Crippen LogP contribution in [0.1, 0.15) is 54.4 Å². The first-order valence-electron chi connectivity index (χ1n) is 17.2. The molecule has 1 aromatic heterocycles. The summed E-state index contributed by atoms with van der Waals surface area (Å²) in [7, 11) is -2.71. The zero-order valence-corrected chi connectivity index (χ0v) is 31.8. The van der Waals surface area contributed by atoms with Crippen molar-refractivity contribution >= 4 is 44.6 Å². The largest absolute Gasteiger partial charge is 0.497 e. The summed E-state index contributed by atoms with van der Waals surface area (Å²) in [6.45, 7) is 14.2. The average Bonchev–Trinajstić information content (AvgIpc) is 3.64. The molecule has 284 valence electrons. The molecule has 5 atom stereocenters. The molecule has 2 aliphatic rings. The van der Waals surface area contributed by atoms with Crippen LogP contribution < -0.4 is 24.8 Å². The minimum absolute atomic E-state index is 0.0182. The number of hydrogen-bond acceptors (Lipinski definition) is 10. The minimum Gasteiger partial charge on any atom is -0.497 e. The van der Waals surface area contributed by atoms with Gasteiger partial charge in [0.15, 0.2) is 6.10 Å². The Bertz CT molecular complexity index is 2010. The molecule has 0 bridgehead atoms. The van der Waals surface area contributed by atoms with Crippen LogP contribution in [0.25, 0.3) is 10.8 Å². The van der Waals surface area contributed by atoms with E-state index in [0.717, 1.165) is 5.39 Å². The Kier molecular flexibility index (Phi) is 10.8. The van der Waals surface area contributed by atoms with Crippen molar-refractivity contribution in [3.8, 4) is 11.6 Å². The fraction of sp³-hybridized carbons (Fsp3) is 0.447. The van der Waals surface area contributed by atoms with Gasteiger partial charge in [0, 0.05) is 34.9 Å². The van der Waals surface area contributed by atoms with E-state index in [-0.39, 0.29) is 30.2 Å². The molecule has 2 aromatic carbocycles. The standard InChI is InChI=1S/C38H47N5O9S/c1-9-24-21-38(24,34(46)42-53(48,49)27-13-11-10-12-14-27)40-31(44)29-20-26(51-32-28-16-15-25(50-8)19-23(28)17-18-39-32)22-43(29)33(45)30(36(2,3)4)52-35(47)41-37(5,6)7/h9-19,24,26,29-30H,1,20-22H2,2-8H3,(H,40,44)(H,41,47)(H,42,46)/t24-,26-,29+,30-,38-/m1/s1. The van der Waals surface area contributed by atoms with E-state index in [9.17, 15) is 27.6 Å². The number of aromatic nitrogens is 1. The molecule has 5 rings (SSSR count). The van der Waals surface area contributed by atoms with Crippen LogP contribution in [0.3, 0.4) is 0 Å². The summed E-state index contributed by atoms with van der Waals surface area (Å²) in [5.41, 5.74) is -3.20. The molecule has 14 nitrogen and oxygen atoms in total. The molecule has 15 heteroatoms. The number of likely N-dealkylation sites (tertiary alicyclic amines) is 1. The minimum atomic E-state index is -4.27. The van der Waals surface area contributed by atoms with E-state index in [1.54, 1.807) is 79.1 Å². The van der Waals surface area contributed by atoms with E-state index in [0.29, 0.717) is 11.1 Å². The van der Waals surface area contributed by atoms with Gasteiger partial charge in [-0.3, -0.25) is 14.4 Å². The van der Waals surface area contributed by atoms with Crippen molar-refractivity contribution in [2.75, 3.05) is 13.7 Å². The highest BCUT2D eigenvalue weighted by Crippen LogP contribution is 2.45. The number of rotatable bonds is 11. The second kappa shape index (κ2) is 14.7. The molecular weight excluding hydrogens is 703 g/mol. The number of nitrogens with zero attached hydrogens (tertiary/aromatic N) is 2. The number of nitrogens with one attached hydrogen (secondary N) is 3. The lowest BCUT2D eigenvalue weighted by Gasteiger charge is -2.35. The highest BCUT2D eigenvalue weighted by atomic mass is 32.2. The lowest BCUT2D eigenvalue weighted by Crippen LogP contribution is -2.58. The molecule has 1 aliphatic heterocycles. The Balaban J connectivity index is 1.45. The summed E-state index contributed by atoms with van der Waals surface area (Å²) in [5, 5.41) is 6.94. The molecule has 3 aromatic rings. The number of benzene rings is 2. The van der Waals surface area contributed by atoms with Gasteiger partial charge in [-0.15, -0.1) is 6.58 Å². The lowest BCUT2D eigenvalue weighted by atomic mass is 9.88. The van der Waals surface area contributed by atoms with Crippen LogP contribution >= 0.6 is 0 Å². The summed E-state index contributed by atoms with van der Waals surface area (Å²) in [4.78, 5) is 61.0. The predicted octanol–water partition coefficient (Wildman–Crippen LogP) is 4.10. The van der Waals surface area contributed by atoms with Gasteiger partial charge in [-0.05, 0) is 69.0 Å². The molecule has 0 spiro atoms. The number of hydrogen-bond donors (Lipinski definition) is 3. The van der Waals surface area contributed by atoms with Crippen LogP contribution in [0.5, 0.6) is 11.6 Å². The third kappa shape index (κ3) is 8.73. The summed E-state index contributed by atoms with van der Waals surface area (Å²) in [6.07, 6.45) is 0.227. The van der Waals surface area contributed by atoms with Crippen molar-refractivity contribution in [1.82, 2.24) is 25.2 Å². The quantitative estimate of drug-likeness (QED) is 0.242. The van der Waals surface area contributed by atoms with Crippen LogP contribution in [0, 0.1) is 11.3 Å². The van der Waals surface area contributed by atoms with E-state index >= 15 is 0 Å². The number of sulfonamides is 1. The SMILES string of the molecule is C=C[C@@H]1C[C@]1(NC(=O)[C@@H]1C[C@@H](Oc2nccc3cc(OC)ccc23)CN1C(=O)[C@@H](OC(=O)NC(C)(C)C)C(C)(C)C)C(=O)NS(=O)(=O)c1ccccc1. The second-order valence-corrected chi connectivity index (χ2v) is 17.1. The Morgan fingerprint density at radius 3 is 2.34 bits per heavy atom. The normalized spacial score (nSPS) is 21.9. The van der Waals surface area contributed by atoms with Gasteiger partial charge in [0.1, 0.15) is 23.4 Å². The molecule has 3 N–H and O–H groups in total. The zero-order valence-electron chi connectivity index (χ0n) is 31.0. The van der Waals surface area contributed by atoms with Crippen molar-refractivity contribution in [3.05, 3.63) is 73.4 Å². The predicted molar refractivity (Wildman–Crippen MR) is 196 cm³/mol. The first-order chi connectivity index (χ1) is 24.8. The molecule has 1 saturated carbocycles. The smallest absolute Gasteiger partial charge is 0.408 e. The third-order valence-corrected chi connectivity index (χ3v) is 10.5. The third-order valence-electron chi connectivity index (χ3n) is 9.11. The molecule has 4 amide bonds. The van der Waals surface area contributed by atoms with Gasteiger partial charge in [0.05, 0.1) is 18.6 Å². The molecule has 0 radical (unpaired) electrons. The molecule has 2 heterocycles. The number of methoxy groups -OCH3 is 1. The Labute approximate surface area is 309 Å². The van der Waals surface area contributed by atoms with Crippen LogP contribution in [-0.4, -0.2) is 85.1 Å². The van der Waals surface area contributed by atoms with Gasteiger partial charge >= 0.3 is 6.09 Å². The maximum atomic E-state index is 14.5. The van der Waals surface area contributed by atoms with Crippen LogP contribution in [0.4, 0.5) is 4.79 Å².